The molecule has 5 nitrogen and oxygen atoms in total. The van der Waals surface area contributed by atoms with Gasteiger partial charge in [0.1, 0.15) is 5.75 Å². The molecule has 1 aromatic carbocycles. The van der Waals surface area contributed by atoms with Crippen LogP contribution in [0.5, 0.6) is 17.2 Å². The van der Waals surface area contributed by atoms with Crippen molar-refractivity contribution in [2.45, 2.75) is 20.8 Å². The highest BCUT2D eigenvalue weighted by Crippen LogP contribution is 2.40. The van der Waals surface area contributed by atoms with E-state index in [2.05, 4.69) is 5.11 Å². The lowest BCUT2D eigenvalue weighted by Crippen LogP contribution is -2.22. The third kappa shape index (κ3) is 3.34. The molecule has 0 heterocycles. The molecule has 1 aromatic rings. The van der Waals surface area contributed by atoms with E-state index >= 15 is 0 Å². The Morgan fingerprint density at radius 1 is 0.941 bits per heavy atom. The van der Waals surface area contributed by atoms with Gasteiger partial charge in [0.2, 0.25) is 5.69 Å². The lowest BCUT2D eigenvalue weighted by Gasteiger charge is -2.12. The summed E-state index contributed by atoms with van der Waals surface area (Å²) >= 11 is 0. The number of ether oxygens (including phenoxy) is 3. The van der Waals surface area contributed by atoms with Crippen molar-refractivity contribution in [2.75, 3.05) is 19.8 Å². The first-order valence-electron chi connectivity index (χ1n) is 5.74. The maximum absolute atomic E-state index is 5.47. The van der Waals surface area contributed by atoms with Gasteiger partial charge in [-0.15, -0.1) is 0 Å². The van der Waals surface area contributed by atoms with Crippen molar-refractivity contribution in [1.29, 1.82) is 0 Å². The molecular weight excluding hydrogens is 220 g/mol. The Labute approximate surface area is 101 Å². The smallest absolute Gasteiger partial charge is 0.213 e. The summed E-state index contributed by atoms with van der Waals surface area (Å²) in [5.41, 5.74) is 5.87. The summed E-state index contributed by atoms with van der Waals surface area (Å²) in [6, 6.07) is 3.53. The first-order valence-corrected chi connectivity index (χ1v) is 5.74. The molecule has 0 atom stereocenters. The molecule has 1 rings (SSSR count). The number of hydrogen-bond acceptors (Lipinski definition) is 4. The van der Waals surface area contributed by atoms with Crippen molar-refractivity contribution in [2.24, 2.45) is 5.11 Å². The van der Waals surface area contributed by atoms with Crippen molar-refractivity contribution in [3.8, 4) is 17.2 Å². The Morgan fingerprint density at radius 3 is 1.76 bits per heavy atom. The molecule has 0 saturated heterocycles. The fourth-order valence-corrected chi connectivity index (χ4v) is 1.47. The third-order valence-corrected chi connectivity index (χ3v) is 2.05. The van der Waals surface area contributed by atoms with E-state index in [0.717, 1.165) is 0 Å². The predicted octanol–water partition coefficient (Wildman–Crippen LogP) is 1.73. The average Bonchev–Trinajstić information content (AvgIpc) is 2.30. The second-order valence-corrected chi connectivity index (χ2v) is 3.20. The summed E-state index contributed by atoms with van der Waals surface area (Å²) < 4.78 is 16.4. The van der Waals surface area contributed by atoms with Gasteiger partial charge in [0, 0.05) is 12.1 Å². The lowest BCUT2D eigenvalue weighted by molar-refractivity contribution is -0.210. The van der Waals surface area contributed by atoms with Crippen LogP contribution in [0, 0.1) is 0 Å². The van der Waals surface area contributed by atoms with Crippen LogP contribution < -0.4 is 19.7 Å². The molecule has 0 aromatic heterocycles. The van der Waals surface area contributed by atoms with E-state index in [9.17, 15) is 0 Å². The molecule has 0 unspecified atom stereocenters. The van der Waals surface area contributed by atoms with Crippen LogP contribution in [0.25, 0.3) is 0 Å². The van der Waals surface area contributed by atoms with E-state index < -0.39 is 0 Å². The predicted molar refractivity (Wildman–Crippen MR) is 64.0 cm³/mol. The van der Waals surface area contributed by atoms with Gasteiger partial charge in [0.15, 0.2) is 11.5 Å². The monoisotopic (exact) mass is 239 g/mol. The summed E-state index contributed by atoms with van der Waals surface area (Å²) in [7, 11) is 0. The van der Waals surface area contributed by atoms with E-state index in [1.165, 1.54) is 0 Å². The number of nitrogens with two attached hydrogens (primary N) is 1. The summed E-state index contributed by atoms with van der Waals surface area (Å²) in [6.45, 7) is 7.35. The second kappa shape index (κ2) is 6.73. The molecule has 0 saturated carbocycles. The molecule has 2 N–H and O–H groups in total. The van der Waals surface area contributed by atoms with Crippen molar-refractivity contribution in [3.05, 3.63) is 12.1 Å². The Kier molecular flexibility index (Phi) is 5.26. The van der Waals surface area contributed by atoms with Gasteiger partial charge in [-0.2, -0.15) is 5.53 Å². The van der Waals surface area contributed by atoms with E-state index in [1.807, 2.05) is 20.8 Å². The van der Waals surface area contributed by atoms with E-state index in [4.69, 9.17) is 19.7 Å². The van der Waals surface area contributed by atoms with Crippen molar-refractivity contribution >= 4 is 5.69 Å². The highest BCUT2D eigenvalue weighted by molar-refractivity contribution is 5.64. The molecule has 0 aliphatic carbocycles. The summed E-state index contributed by atoms with van der Waals surface area (Å²) in [5.74, 6) is 1.83. The topological polar surface area (TPSA) is 65.6 Å². The molecule has 0 aliphatic heterocycles. The Morgan fingerprint density at radius 2 is 1.41 bits per heavy atom. The van der Waals surface area contributed by atoms with Crippen LogP contribution in [0.4, 0.5) is 5.69 Å². The van der Waals surface area contributed by atoms with Gasteiger partial charge < -0.3 is 14.2 Å². The fourth-order valence-electron chi connectivity index (χ4n) is 1.47. The molecule has 94 valence electrons. The second-order valence-electron chi connectivity index (χ2n) is 3.20. The van der Waals surface area contributed by atoms with Gasteiger partial charge in [0.25, 0.3) is 0 Å². The van der Waals surface area contributed by atoms with Crippen LogP contribution in [0.3, 0.4) is 0 Å². The number of hydrogen-bond donors (Lipinski definition) is 1. The SMILES string of the molecule is CCOc1cc(OCC)c(N=[NH2+])c(OCC)c1. The van der Waals surface area contributed by atoms with Crippen LogP contribution in [-0.4, -0.2) is 19.8 Å². The Balaban J connectivity index is 3.18. The number of rotatable bonds is 7. The van der Waals surface area contributed by atoms with Gasteiger partial charge in [0.05, 0.1) is 19.8 Å². The van der Waals surface area contributed by atoms with Crippen LogP contribution in [-0.2, 0) is 0 Å². The summed E-state index contributed by atoms with van der Waals surface area (Å²) in [6.07, 6.45) is 0. The standard InChI is InChI=1S/C12H18N2O3/c1-4-15-9-7-10(16-5-2)12(14-13)11(8-9)17-6-3/h7-8,13H,4-6H2,1-3H3/p+1. The minimum atomic E-state index is 0.511. The molecule has 17 heavy (non-hydrogen) atoms. The zero-order chi connectivity index (χ0) is 12.7. The van der Waals surface area contributed by atoms with Crippen LogP contribution in [0.2, 0.25) is 0 Å². The molecule has 0 radical (unpaired) electrons. The molecule has 0 bridgehead atoms. The minimum absolute atomic E-state index is 0.511. The average molecular weight is 239 g/mol. The first-order chi connectivity index (χ1) is 8.26. The maximum atomic E-state index is 5.47. The van der Waals surface area contributed by atoms with Crippen molar-refractivity contribution < 1.29 is 19.7 Å². The number of benzene rings is 1. The first kappa shape index (κ1) is 13.3. The highest BCUT2D eigenvalue weighted by Gasteiger charge is 2.15. The molecular formula is C12H19N2O3+. The Bertz CT molecular complexity index is 353. The minimum Gasteiger partial charge on any atom is -0.494 e. The molecule has 0 fully saturated rings. The zero-order valence-electron chi connectivity index (χ0n) is 10.5. The molecule has 5 heteroatoms. The van der Waals surface area contributed by atoms with E-state index in [0.29, 0.717) is 42.8 Å². The van der Waals surface area contributed by atoms with Gasteiger partial charge in [-0.25, -0.2) is 0 Å². The zero-order valence-corrected chi connectivity index (χ0v) is 10.5. The van der Waals surface area contributed by atoms with Gasteiger partial charge in [-0.3, -0.25) is 0 Å². The van der Waals surface area contributed by atoms with E-state index in [-0.39, 0.29) is 0 Å². The third-order valence-electron chi connectivity index (χ3n) is 2.05. The van der Waals surface area contributed by atoms with Crippen molar-refractivity contribution in [3.63, 3.8) is 0 Å². The van der Waals surface area contributed by atoms with Gasteiger partial charge in [-0.05, 0) is 25.9 Å². The van der Waals surface area contributed by atoms with Crippen LogP contribution in [0.15, 0.2) is 17.2 Å². The number of nitrogens with zero attached hydrogens (tertiary/aromatic N) is 1. The normalized spacial score (nSPS) is 9.82. The summed E-state index contributed by atoms with van der Waals surface area (Å²) in [5, 5.41) is 3.70. The fraction of sp³-hybridized carbons (Fsp3) is 0.500. The molecule has 0 amide bonds. The van der Waals surface area contributed by atoms with Gasteiger partial charge >= 0.3 is 0 Å². The summed E-state index contributed by atoms with van der Waals surface area (Å²) in [4.78, 5) is 0. The van der Waals surface area contributed by atoms with Crippen LogP contribution in [0.1, 0.15) is 20.8 Å². The highest BCUT2D eigenvalue weighted by atomic mass is 16.5. The van der Waals surface area contributed by atoms with Crippen molar-refractivity contribution in [1.82, 2.24) is 0 Å². The maximum Gasteiger partial charge on any atom is 0.213 e. The quantitative estimate of drug-likeness (QED) is 0.737. The molecule has 0 spiro atoms. The van der Waals surface area contributed by atoms with E-state index in [1.54, 1.807) is 12.1 Å². The largest absolute Gasteiger partial charge is 0.494 e. The lowest BCUT2D eigenvalue weighted by atomic mass is 10.2. The Hall–Kier alpha value is -1.78. The van der Waals surface area contributed by atoms with Crippen LogP contribution >= 0.6 is 0 Å². The van der Waals surface area contributed by atoms with Gasteiger partial charge in [-0.1, -0.05) is 0 Å². The molecule has 0 aliphatic rings.